The fourth-order valence-electron chi connectivity index (χ4n) is 2.44. The maximum absolute atomic E-state index is 10.7. The fourth-order valence-corrected chi connectivity index (χ4v) is 2.85. The summed E-state index contributed by atoms with van der Waals surface area (Å²) < 4.78 is 6.30. The summed E-state index contributed by atoms with van der Waals surface area (Å²) in [4.78, 5) is 0. The predicted octanol–water partition coefficient (Wildman–Crippen LogP) is 3.54. The second-order valence-corrected chi connectivity index (χ2v) is 5.99. The van der Waals surface area contributed by atoms with Crippen LogP contribution in [0, 0.1) is 6.92 Å². The van der Waals surface area contributed by atoms with Gasteiger partial charge in [-0.25, -0.2) is 0 Å². The molecule has 0 heterocycles. The van der Waals surface area contributed by atoms with Gasteiger partial charge in [0.2, 0.25) is 0 Å². The highest BCUT2D eigenvalue weighted by Gasteiger charge is 2.22. The second kappa shape index (κ2) is 7.07. The molecule has 2 unspecified atom stereocenters. The Kier molecular flexibility index (Phi) is 5.39. The van der Waals surface area contributed by atoms with Crippen LogP contribution in [0.1, 0.15) is 28.7 Å². The molecule has 0 fully saturated rings. The number of methoxy groups -OCH3 is 1. The molecule has 0 saturated heterocycles. The molecule has 21 heavy (non-hydrogen) atoms. The minimum Gasteiger partial charge on any atom is -0.496 e. The molecule has 4 heteroatoms. The lowest BCUT2D eigenvalue weighted by atomic mass is 9.89. The van der Waals surface area contributed by atoms with Crippen LogP contribution in [0.25, 0.3) is 0 Å². The van der Waals surface area contributed by atoms with E-state index < -0.39 is 6.10 Å². The maximum Gasteiger partial charge on any atom is 0.122 e. The first-order valence-corrected chi connectivity index (χ1v) is 7.64. The van der Waals surface area contributed by atoms with Crippen LogP contribution in [0.2, 0.25) is 0 Å². The zero-order valence-electron chi connectivity index (χ0n) is 12.2. The van der Waals surface area contributed by atoms with Gasteiger partial charge in [0.15, 0.2) is 0 Å². The quantitative estimate of drug-likeness (QED) is 0.867. The lowest BCUT2D eigenvalue weighted by molar-refractivity contribution is 0.147. The highest BCUT2D eigenvalue weighted by molar-refractivity contribution is 9.10. The number of aryl methyl sites for hydroxylation is 1. The standard InChI is InChI=1S/C17H20BrNO2/c1-11-6-7-13(9-16(11)21-2)17(20)15(10-19)12-4-3-5-14(18)8-12/h3-9,15,17,20H,10,19H2,1-2H3. The number of benzene rings is 2. The van der Waals surface area contributed by atoms with Gasteiger partial charge in [-0.1, -0.05) is 40.2 Å². The van der Waals surface area contributed by atoms with Crippen LogP contribution in [0.4, 0.5) is 0 Å². The van der Waals surface area contributed by atoms with Crippen molar-refractivity contribution in [1.82, 2.24) is 0 Å². The number of hydrogen-bond donors (Lipinski definition) is 2. The van der Waals surface area contributed by atoms with Crippen molar-refractivity contribution >= 4 is 15.9 Å². The molecular weight excluding hydrogens is 330 g/mol. The predicted molar refractivity (Wildman–Crippen MR) is 88.6 cm³/mol. The molecule has 2 aromatic rings. The molecule has 0 aliphatic rings. The van der Waals surface area contributed by atoms with E-state index in [9.17, 15) is 5.11 Å². The van der Waals surface area contributed by atoms with Crippen molar-refractivity contribution in [2.45, 2.75) is 18.9 Å². The molecule has 0 spiro atoms. The Morgan fingerprint density at radius 1 is 1.19 bits per heavy atom. The fraction of sp³-hybridized carbons (Fsp3) is 0.294. The Morgan fingerprint density at radius 2 is 1.95 bits per heavy atom. The molecule has 0 aliphatic heterocycles. The van der Waals surface area contributed by atoms with Gasteiger partial charge in [-0.15, -0.1) is 0 Å². The summed E-state index contributed by atoms with van der Waals surface area (Å²) in [5.41, 5.74) is 8.75. The molecule has 0 saturated carbocycles. The van der Waals surface area contributed by atoms with E-state index in [-0.39, 0.29) is 5.92 Å². The van der Waals surface area contributed by atoms with Crippen molar-refractivity contribution < 1.29 is 9.84 Å². The summed E-state index contributed by atoms with van der Waals surface area (Å²) in [5, 5.41) is 10.7. The Bertz CT molecular complexity index is 615. The minimum absolute atomic E-state index is 0.157. The number of rotatable bonds is 5. The molecule has 2 rings (SSSR count). The van der Waals surface area contributed by atoms with Gasteiger partial charge in [0.25, 0.3) is 0 Å². The number of nitrogens with two attached hydrogens (primary N) is 1. The summed E-state index contributed by atoms with van der Waals surface area (Å²) in [5.74, 6) is 0.617. The highest BCUT2D eigenvalue weighted by atomic mass is 79.9. The van der Waals surface area contributed by atoms with E-state index in [0.29, 0.717) is 6.54 Å². The van der Waals surface area contributed by atoms with Crippen molar-refractivity contribution in [2.75, 3.05) is 13.7 Å². The molecule has 0 amide bonds. The van der Waals surface area contributed by atoms with Gasteiger partial charge in [-0.05, 0) is 41.8 Å². The van der Waals surface area contributed by atoms with Gasteiger partial charge in [0.05, 0.1) is 13.2 Å². The summed E-state index contributed by atoms with van der Waals surface area (Å²) in [7, 11) is 1.63. The van der Waals surface area contributed by atoms with E-state index in [2.05, 4.69) is 15.9 Å². The van der Waals surface area contributed by atoms with Crippen LogP contribution >= 0.6 is 15.9 Å². The Labute approximate surface area is 133 Å². The highest BCUT2D eigenvalue weighted by Crippen LogP contribution is 2.33. The van der Waals surface area contributed by atoms with Crippen LogP contribution in [0.5, 0.6) is 5.75 Å². The van der Waals surface area contributed by atoms with Crippen LogP contribution < -0.4 is 10.5 Å². The average molecular weight is 350 g/mol. The van der Waals surface area contributed by atoms with E-state index in [1.54, 1.807) is 7.11 Å². The summed E-state index contributed by atoms with van der Waals surface area (Å²) in [6, 6.07) is 13.6. The molecule has 3 N–H and O–H groups in total. The minimum atomic E-state index is -0.668. The summed E-state index contributed by atoms with van der Waals surface area (Å²) in [6.07, 6.45) is -0.668. The third kappa shape index (κ3) is 3.64. The monoisotopic (exact) mass is 349 g/mol. The lowest BCUT2D eigenvalue weighted by Crippen LogP contribution is -2.20. The molecular formula is C17H20BrNO2. The smallest absolute Gasteiger partial charge is 0.122 e. The molecule has 0 aromatic heterocycles. The third-order valence-corrected chi connectivity index (χ3v) is 4.18. The molecule has 2 aromatic carbocycles. The van der Waals surface area contributed by atoms with Crippen LogP contribution in [0.15, 0.2) is 46.9 Å². The van der Waals surface area contributed by atoms with Gasteiger partial charge in [-0.3, -0.25) is 0 Å². The molecule has 2 atom stereocenters. The number of hydrogen-bond acceptors (Lipinski definition) is 3. The normalized spacial score (nSPS) is 13.8. The van der Waals surface area contributed by atoms with Crippen LogP contribution in [0.3, 0.4) is 0 Å². The molecule has 112 valence electrons. The van der Waals surface area contributed by atoms with E-state index >= 15 is 0 Å². The number of aliphatic hydroxyl groups is 1. The number of aliphatic hydroxyl groups excluding tert-OH is 1. The van der Waals surface area contributed by atoms with E-state index in [1.807, 2.05) is 49.4 Å². The zero-order valence-corrected chi connectivity index (χ0v) is 13.8. The topological polar surface area (TPSA) is 55.5 Å². The Balaban J connectivity index is 2.34. The van der Waals surface area contributed by atoms with Crippen molar-refractivity contribution in [3.8, 4) is 5.75 Å². The van der Waals surface area contributed by atoms with E-state index in [0.717, 1.165) is 26.9 Å². The Morgan fingerprint density at radius 3 is 2.57 bits per heavy atom. The molecule has 0 bridgehead atoms. The van der Waals surface area contributed by atoms with Gasteiger partial charge in [-0.2, -0.15) is 0 Å². The largest absolute Gasteiger partial charge is 0.496 e. The zero-order chi connectivity index (χ0) is 15.4. The Hall–Kier alpha value is -1.36. The SMILES string of the molecule is COc1cc(C(O)C(CN)c2cccc(Br)c2)ccc1C. The number of halogens is 1. The first-order valence-electron chi connectivity index (χ1n) is 6.85. The van der Waals surface area contributed by atoms with Crippen molar-refractivity contribution in [3.05, 3.63) is 63.6 Å². The maximum atomic E-state index is 10.7. The number of ether oxygens (including phenoxy) is 1. The van der Waals surface area contributed by atoms with Crippen molar-refractivity contribution in [2.24, 2.45) is 5.73 Å². The summed E-state index contributed by atoms with van der Waals surface area (Å²) in [6.45, 7) is 2.34. The average Bonchev–Trinajstić information content (AvgIpc) is 2.48. The molecule has 0 aliphatic carbocycles. The van der Waals surface area contributed by atoms with Gasteiger partial charge in [0.1, 0.15) is 5.75 Å². The lowest BCUT2D eigenvalue weighted by Gasteiger charge is -2.23. The first kappa shape index (κ1) is 16.0. The van der Waals surface area contributed by atoms with Crippen molar-refractivity contribution in [3.63, 3.8) is 0 Å². The van der Waals surface area contributed by atoms with E-state index in [4.69, 9.17) is 10.5 Å². The third-order valence-electron chi connectivity index (χ3n) is 3.69. The summed E-state index contributed by atoms with van der Waals surface area (Å²) >= 11 is 3.45. The van der Waals surface area contributed by atoms with Crippen LogP contribution in [-0.4, -0.2) is 18.8 Å². The first-order chi connectivity index (χ1) is 10.1. The van der Waals surface area contributed by atoms with Gasteiger partial charge < -0.3 is 15.6 Å². The van der Waals surface area contributed by atoms with E-state index in [1.165, 1.54) is 0 Å². The van der Waals surface area contributed by atoms with Gasteiger partial charge >= 0.3 is 0 Å². The second-order valence-electron chi connectivity index (χ2n) is 5.07. The molecule has 0 radical (unpaired) electrons. The van der Waals surface area contributed by atoms with Gasteiger partial charge in [0, 0.05) is 16.9 Å². The van der Waals surface area contributed by atoms with Crippen LogP contribution in [-0.2, 0) is 0 Å². The molecule has 3 nitrogen and oxygen atoms in total. The van der Waals surface area contributed by atoms with Crippen molar-refractivity contribution in [1.29, 1.82) is 0 Å².